The quantitative estimate of drug-likeness (QED) is 0.782. The van der Waals surface area contributed by atoms with E-state index in [2.05, 4.69) is 19.2 Å². The SMILES string of the molecule is Cc1ccc(O)c2c1C(C)CC2NCCCC1CC1. The van der Waals surface area contributed by atoms with E-state index >= 15 is 0 Å². The third-order valence-electron chi connectivity index (χ3n) is 4.79. The van der Waals surface area contributed by atoms with E-state index in [-0.39, 0.29) is 0 Å². The Hall–Kier alpha value is -1.02. The van der Waals surface area contributed by atoms with Gasteiger partial charge in [0.1, 0.15) is 5.75 Å². The minimum atomic E-state index is 0.351. The van der Waals surface area contributed by atoms with Crippen LogP contribution in [0.2, 0.25) is 0 Å². The highest BCUT2D eigenvalue weighted by Gasteiger charge is 2.31. The summed E-state index contributed by atoms with van der Waals surface area (Å²) in [6.45, 7) is 5.52. The molecule has 2 aliphatic rings. The fourth-order valence-electron chi connectivity index (χ4n) is 3.60. The van der Waals surface area contributed by atoms with Gasteiger partial charge in [0.15, 0.2) is 0 Å². The molecule has 2 atom stereocenters. The summed E-state index contributed by atoms with van der Waals surface area (Å²) in [7, 11) is 0. The van der Waals surface area contributed by atoms with Crippen LogP contribution in [0.15, 0.2) is 12.1 Å². The molecule has 3 rings (SSSR count). The summed E-state index contributed by atoms with van der Waals surface area (Å²) in [5.41, 5.74) is 3.86. The van der Waals surface area contributed by atoms with Crippen LogP contribution in [0.1, 0.15) is 67.7 Å². The molecule has 2 aliphatic carbocycles. The number of hydrogen-bond acceptors (Lipinski definition) is 2. The Morgan fingerprint density at radius 3 is 2.79 bits per heavy atom. The Morgan fingerprint density at radius 2 is 2.05 bits per heavy atom. The van der Waals surface area contributed by atoms with Crippen molar-refractivity contribution in [2.75, 3.05) is 6.54 Å². The average Bonchev–Trinajstić information content (AvgIpc) is 3.14. The van der Waals surface area contributed by atoms with Crippen LogP contribution in [0.25, 0.3) is 0 Å². The summed E-state index contributed by atoms with van der Waals surface area (Å²) in [5.74, 6) is 2.06. The fourth-order valence-corrected chi connectivity index (χ4v) is 3.60. The number of aryl methyl sites for hydroxylation is 1. The minimum Gasteiger partial charge on any atom is -0.508 e. The summed E-state index contributed by atoms with van der Waals surface area (Å²) < 4.78 is 0. The summed E-state index contributed by atoms with van der Waals surface area (Å²) in [4.78, 5) is 0. The van der Waals surface area contributed by atoms with Crippen molar-refractivity contribution < 1.29 is 5.11 Å². The second kappa shape index (κ2) is 5.16. The van der Waals surface area contributed by atoms with Crippen molar-refractivity contribution in [3.63, 3.8) is 0 Å². The molecule has 1 aromatic rings. The van der Waals surface area contributed by atoms with Gasteiger partial charge in [-0.05, 0) is 61.8 Å². The van der Waals surface area contributed by atoms with Gasteiger partial charge in [0.25, 0.3) is 0 Å². The first-order chi connectivity index (χ1) is 9.16. The number of hydrogen-bond donors (Lipinski definition) is 2. The van der Waals surface area contributed by atoms with Gasteiger partial charge in [-0.1, -0.05) is 25.8 Å². The van der Waals surface area contributed by atoms with Crippen LogP contribution in [0.3, 0.4) is 0 Å². The summed E-state index contributed by atoms with van der Waals surface area (Å²) in [6.07, 6.45) is 6.67. The average molecular weight is 259 g/mol. The van der Waals surface area contributed by atoms with E-state index in [9.17, 15) is 5.11 Å². The van der Waals surface area contributed by atoms with Crippen molar-refractivity contribution in [3.05, 3.63) is 28.8 Å². The molecule has 0 bridgehead atoms. The van der Waals surface area contributed by atoms with Crippen LogP contribution >= 0.6 is 0 Å². The number of benzene rings is 1. The second-order valence-electron chi connectivity index (χ2n) is 6.46. The van der Waals surface area contributed by atoms with E-state index < -0.39 is 0 Å². The van der Waals surface area contributed by atoms with Crippen molar-refractivity contribution in [2.45, 2.75) is 57.9 Å². The minimum absolute atomic E-state index is 0.351. The highest BCUT2D eigenvalue weighted by Crippen LogP contribution is 2.45. The molecule has 104 valence electrons. The molecule has 2 heteroatoms. The molecule has 2 nitrogen and oxygen atoms in total. The largest absolute Gasteiger partial charge is 0.508 e. The highest BCUT2D eigenvalue weighted by atomic mass is 16.3. The first-order valence-electron chi connectivity index (χ1n) is 7.72. The Labute approximate surface area is 116 Å². The summed E-state index contributed by atoms with van der Waals surface area (Å²) in [5, 5.41) is 13.8. The molecule has 2 N–H and O–H groups in total. The molecule has 2 unspecified atom stereocenters. The predicted octanol–water partition coefficient (Wildman–Crippen LogP) is 4.03. The molecule has 0 amide bonds. The maximum Gasteiger partial charge on any atom is 0.120 e. The first kappa shape index (κ1) is 13.0. The van der Waals surface area contributed by atoms with Gasteiger partial charge < -0.3 is 10.4 Å². The maximum absolute atomic E-state index is 10.2. The Kier molecular flexibility index (Phi) is 3.53. The Balaban J connectivity index is 1.66. The molecular formula is C17H25NO. The maximum atomic E-state index is 10.2. The molecule has 0 aliphatic heterocycles. The molecule has 0 saturated heterocycles. The Bertz CT molecular complexity index is 465. The third-order valence-corrected chi connectivity index (χ3v) is 4.79. The van der Waals surface area contributed by atoms with Crippen LogP contribution in [-0.4, -0.2) is 11.7 Å². The standard InChI is InChI=1S/C17H25NO/c1-11-5-8-15(19)17-14(10-12(2)16(11)17)18-9-3-4-13-6-7-13/h5,8,12-14,18-19H,3-4,6-7,9-10H2,1-2H3. The topological polar surface area (TPSA) is 32.3 Å². The van der Waals surface area contributed by atoms with E-state index in [1.807, 2.05) is 12.1 Å². The highest BCUT2D eigenvalue weighted by molar-refractivity contribution is 5.50. The zero-order valence-corrected chi connectivity index (χ0v) is 12.1. The predicted molar refractivity (Wildman–Crippen MR) is 78.6 cm³/mol. The van der Waals surface area contributed by atoms with E-state index in [4.69, 9.17) is 0 Å². The molecule has 1 saturated carbocycles. The molecule has 0 heterocycles. The van der Waals surface area contributed by atoms with Gasteiger partial charge in [0.05, 0.1) is 0 Å². The number of phenolic OH excluding ortho intramolecular Hbond substituents is 1. The van der Waals surface area contributed by atoms with Gasteiger partial charge in [-0.3, -0.25) is 0 Å². The van der Waals surface area contributed by atoms with Gasteiger partial charge in [-0.2, -0.15) is 0 Å². The van der Waals surface area contributed by atoms with Crippen molar-refractivity contribution in [3.8, 4) is 5.75 Å². The normalized spacial score (nSPS) is 25.6. The molecule has 19 heavy (non-hydrogen) atoms. The van der Waals surface area contributed by atoms with Crippen LogP contribution in [-0.2, 0) is 0 Å². The van der Waals surface area contributed by atoms with Gasteiger partial charge in [0, 0.05) is 11.6 Å². The van der Waals surface area contributed by atoms with Crippen LogP contribution in [0.4, 0.5) is 0 Å². The van der Waals surface area contributed by atoms with Crippen molar-refractivity contribution >= 4 is 0 Å². The molecular weight excluding hydrogens is 234 g/mol. The molecule has 0 aromatic heterocycles. The fraction of sp³-hybridized carbons (Fsp3) is 0.647. The number of fused-ring (bicyclic) bond motifs is 1. The number of aromatic hydroxyl groups is 1. The van der Waals surface area contributed by atoms with E-state index in [0.29, 0.717) is 17.7 Å². The second-order valence-corrected chi connectivity index (χ2v) is 6.46. The van der Waals surface area contributed by atoms with E-state index in [0.717, 1.165) is 18.9 Å². The van der Waals surface area contributed by atoms with Crippen molar-refractivity contribution in [1.29, 1.82) is 0 Å². The zero-order chi connectivity index (χ0) is 13.4. The molecule has 1 fully saturated rings. The number of rotatable bonds is 5. The molecule has 0 radical (unpaired) electrons. The third kappa shape index (κ3) is 2.64. The van der Waals surface area contributed by atoms with Crippen molar-refractivity contribution in [2.24, 2.45) is 5.92 Å². The van der Waals surface area contributed by atoms with Gasteiger partial charge in [-0.15, -0.1) is 0 Å². The number of phenols is 1. The zero-order valence-electron chi connectivity index (χ0n) is 12.1. The Morgan fingerprint density at radius 1 is 1.26 bits per heavy atom. The van der Waals surface area contributed by atoms with Gasteiger partial charge in [-0.25, -0.2) is 0 Å². The summed E-state index contributed by atoms with van der Waals surface area (Å²) in [6, 6.07) is 4.25. The van der Waals surface area contributed by atoms with Crippen LogP contribution in [0.5, 0.6) is 5.75 Å². The molecule has 1 aromatic carbocycles. The molecule has 0 spiro atoms. The lowest BCUT2D eigenvalue weighted by molar-refractivity contribution is 0.441. The van der Waals surface area contributed by atoms with Crippen LogP contribution in [0, 0.1) is 12.8 Å². The smallest absolute Gasteiger partial charge is 0.120 e. The lowest BCUT2D eigenvalue weighted by Crippen LogP contribution is -2.20. The van der Waals surface area contributed by atoms with E-state index in [1.165, 1.54) is 42.4 Å². The van der Waals surface area contributed by atoms with Gasteiger partial charge in [0.2, 0.25) is 0 Å². The van der Waals surface area contributed by atoms with Crippen molar-refractivity contribution in [1.82, 2.24) is 5.32 Å². The van der Waals surface area contributed by atoms with E-state index in [1.54, 1.807) is 0 Å². The number of nitrogens with one attached hydrogen (secondary N) is 1. The first-order valence-corrected chi connectivity index (χ1v) is 7.72. The lowest BCUT2D eigenvalue weighted by Gasteiger charge is -2.15. The lowest BCUT2D eigenvalue weighted by atomic mass is 9.97. The summed E-state index contributed by atoms with van der Waals surface area (Å²) >= 11 is 0. The van der Waals surface area contributed by atoms with Gasteiger partial charge >= 0.3 is 0 Å². The monoisotopic (exact) mass is 259 g/mol. The van der Waals surface area contributed by atoms with Crippen LogP contribution < -0.4 is 5.32 Å².